The van der Waals surface area contributed by atoms with Crippen LogP contribution in [0, 0.1) is 13.8 Å². The van der Waals surface area contributed by atoms with Gasteiger partial charge in [0.2, 0.25) is 0 Å². The molecule has 1 aromatic heterocycles. The fourth-order valence-corrected chi connectivity index (χ4v) is 2.69. The minimum absolute atomic E-state index is 0.351. The number of halogens is 1. The smallest absolute Gasteiger partial charge is 0.336 e. The highest BCUT2D eigenvalue weighted by atomic mass is 35.5. The van der Waals surface area contributed by atoms with Gasteiger partial charge in [0.25, 0.3) is 0 Å². The molecule has 3 rings (SSSR count). The first kappa shape index (κ1) is 14.7. The molecule has 0 saturated heterocycles. The van der Waals surface area contributed by atoms with Crippen molar-refractivity contribution in [1.29, 1.82) is 0 Å². The molecule has 2 aromatic carbocycles. The number of hydrogen-bond acceptors (Lipinski definition) is 3. The Kier molecular flexibility index (Phi) is 3.90. The topological polar surface area (TPSA) is 39.4 Å². The largest absolute Gasteiger partial charge is 0.488 e. The molecule has 3 aromatic rings. The molecule has 0 saturated carbocycles. The van der Waals surface area contributed by atoms with Crippen molar-refractivity contribution in [3.05, 3.63) is 74.6 Å². The Balaban J connectivity index is 2.01. The second-order valence-electron chi connectivity index (χ2n) is 5.30. The second kappa shape index (κ2) is 5.85. The van der Waals surface area contributed by atoms with Gasteiger partial charge in [-0.25, -0.2) is 4.79 Å². The summed E-state index contributed by atoms with van der Waals surface area (Å²) >= 11 is 5.98. The first-order valence-electron chi connectivity index (χ1n) is 6.95. The minimum Gasteiger partial charge on any atom is -0.488 e. The number of fused-ring (bicyclic) bond motifs is 1. The van der Waals surface area contributed by atoms with Crippen LogP contribution in [0.15, 0.2) is 51.7 Å². The third-order valence-electron chi connectivity index (χ3n) is 3.43. The summed E-state index contributed by atoms with van der Waals surface area (Å²) in [4.78, 5) is 11.5. The zero-order valence-corrected chi connectivity index (χ0v) is 13.1. The molecule has 0 unspecified atom stereocenters. The third kappa shape index (κ3) is 3.00. The van der Waals surface area contributed by atoms with Crippen molar-refractivity contribution in [2.45, 2.75) is 20.5 Å². The van der Waals surface area contributed by atoms with E-state index < -0.39 is 0 Å². The molecule has 1 heterocycles. The summed E-state index contributed by atoms with van der Waals surface area (Å²) in [7, 11) is 0. The Morgan fingerprint density at radius 3 is 2.73 bits per heavy atom. The van der Waals surface area contributed by atoms with Crippen LogP contribution in [-0.2, 0) is 6.61 Å². The minimum atomic E-state index is -0.351. The zero-order chi connectivity index (χ0) is 15.7. The van der Waals surface area contributed by atoms with Crippen molar-refractivity contribution < 1.29 is 9.15 Å². The lowest BCUT2D eigenvalue weighted by atomic mass is 10.1. The molecule has 0 N–H and O–H groups in total. The van der Waals surface area contributed by atoms with Crippen LogP contribution in [0.2, 0.25) is 5.02 Å². The predicted molar refractivity (Wildman–Crippen MR) is 87.7 cm³/mol. The molecule has 4 heteroatoms. The Morgan fingerprint density at radius 1 is 1.14 bits per heavy atom. The number of benzene rings is 2. The van der Waals surface area contributed by atoms with Gasteiger partial charge < -0.3 is 9.15 Å². The zero-order valence-electron chi connectivity index (χ0n) is 12.4. The normalized spacial score (nSPS) is 10.9. The standard InChI is InChI=1S/C18H15ClO3/c1-11-6-15(21-10-13-4-3-5-14(19)9-13)18-12(2)8-17(20)22-16(18)7-11/h3-9H,10H2,1-2H3. The van der Waals surface area contributed by atoms with E-state index in [1.807, 2.05) is 50.2 Å². The molecule has 0 amide bonds. The molecule has 0 aliphatic carbocycles. The maximum absolute atomic E-state index is 11.5. The summed E-state index contributed by atoms with van der Waals surface area (Å²) in [6.45, 7) is 4.21. The molecular formula is C18H15ClO3. The van der Waals surface area contributed by atoms with Crippen molar-refractivity contribution in [3.8, 4) is 5.75 Å². The molecule has 3 nitrogen and oxygen atoms in total. The van der Waals surface area contributed by atoms with E-state index >= 15 is 0 Å². The van der Waals surface area contributed by atoms with Gasteiger partial charge >= 0.3 is 5.63 Å². The summed E-state index contributed by atoms with van der Waals surface area (Å²) < 4.78 is 11.2. The predicted octanol–water partition coefficient (Wildman–Crippen LogP) is 4.64. The fourth-order valence-electron chi connectivity index (χ4n) is 2.48. The summed E-state index contributed by atoms with van der Waals surface area (Å²) in [6.07, 6.45) is 0. The van der Waals surface area contributed by atoms with Crippen LogP contribution in [-0.4, -0.2) is 0 Å². The Bertz CT molecular complexity index is 896. The van der Waals surface area contributed by atoms with Crippen molar-refractivity contribution in [1.82, 2.24) is 0 Å². The first-order valence-corrected chi connectivity index (χ1v) is 7.33. The van der Waals surface area contributed by atoms with E-state index in [1.54, 1.807) is 0 Å². The van der Waals surface area contributed by atoms with Crippen molar-refractivity contribution in [3.63, 3.8) is 0 Å². The highest BCUT2D eigenvalue weighted by Gasteiger charge is 2.10. The van der Waals surface area contributed by atoms with Crippen LogP contribution in [0.25, 0.3) is 11.0 Å². The average molecular weight is 315 g/mol. The average Bonchev–Trinajstić information content (AvgIpc) is 2.43. The van der Waals surface area contributed by atoms with Gasteiger partial charge in [0, 0.05) is 11.1 Å². The summed E-state index contributed by atoms with van der Waals surface area (Å²) in [5, 5.41) is 1.50. The van der Waals surface area contributed by atoms with Gasteiger partial charge in [-0.05, 0) is 54.8 Å². The lowest BCUT2D eigenvalue weighted by Crippen LogP contribution is -2.01. The maximum Gasteiger partial charge on any atom is 0.336 e. The van der Waals surface area contributed by atoms with Crippen LogP contribution in [0.4, 0.5) is 0 Å². The van der Waals surface area contributed by atoms with Crippen LogP contribution in [0.1, 0.15) is 16.7 Å². The van der Waals surface area contributed by atoms with E-state index in [0.717, 1.165) is 22.1 Å². The number of aryl methyl sites for hydroxylation is 2. The summed E-state index contributed by atoms with van der Waals surface area (Å²) in [5.74, 6) is 0.705. The van der Waals surface area contributed by atoms with E-state index in [9.17, 15) is 4.79 Å². The van der Waals surface area contributed by atoms with Crippen LogP contribution in [0.5, 0.6) is 5.75 Å². The number of hydrogen-bond donors (Lipinski definition) is 0. The quantitative estimate of drug-likeness (QED) is 0.661. The monoisotopic (exact) mass is 314 g/mol. The second-order valence-corrected chi connectivity index (χ2v) is 5.74. The third-order valence-corrected chi connectivity index (χ3v) is 3.67. The number of rotatable bonds is 3. The van der Waals surface area contributed by atoms with Crippen LogP contribution >= 0.6 is 11.6 Å². The SMILES string of the molecule is Cc1cc(OCc2cccc(Cl)c2)c2c(C)cc(=O)oc2c1. The van der Waals surface area contributed by atoms with Crippen LogP contribution < -0.4 is 10.4 Å². The van der Waals surface area contributed by atoms with Crippen molar-refractivity contribution in [2.24, 2.45) is 0 Å². The van der Waals surface area contributed by atoms with Crippen LogP contribution in [0.3, 0.4) is 0 Å². The molecule has 0 fully saturated rings. The van der Waals surface area contributed by atoms with E-state index in [1.165, 1.54) is 6.07 Å². The van der Waals surface area contributed by atoms with Gasteiger partial charge in [-0.1, -0.05) is 23.7 Å². The van der Waals surface area contributed by atoms with Gasteiger partial charge in [-0.3, -0.25) is 0 Å². The van der Waals surface area contributed by atoms with E-state index in [4.69, 9.17) is 20.8 Å². The molecule has 0 aliphatic rings. The van der Waals surface area contributed by atoms with Gasteiger partial charge in [0.05, 0.1) is 5.39 Å². The maximum atomic E-state index is 11.5. The Labute approximate surface area is 133 Å². The molecule has 112 valence electrons. The van der Waals surface area contributed by atoms with Crippen molar-refractivity contribution >= 4 is 22.6 Å². The molecular weight excluding hydrogens is 300 g/mol. The molecule has 0 radical (unpaired) electrons. The number of ether oxygens (including phenoxy) is 1. The van der Waals surface area contributed by atoms with Crippen molar-refractivity contribution in [2.75, 3.05) is 0 Å². The van der Waals surface area contributed by atoms with Gasteiger partial charge in [0.1, 0.15) is 17.9 Å². The van der Waals surface area contributed by atoms with E-state index in [0.29, 0.717) is 23.0 Å². The lowest BCUT2D eigenvalue weighted by molar-refractivity contribution is 0.309. The van der Waals surface area contributed by atoms with Gasteiger partial charge in [0.15, 0.2) is 0 Å². The van der Waals surface area contributed by atoms with Gasteiger partial charge in [-0.15, -0.1) is 0 Å². The summed E-state index contributed by atoms with van der Waals surface area (Å²) in [6, 6.07) is 12.8. The lowest BCUT2D eigenvalue weighted by Gasteiger charge is -2.12. The highest BCUT2D eigenvalue weighted by molar-refractivity contribution is 6.30. The molecule has 0 aliphatic heterocycles. The Hall–Kier alpha value is -2.26. The molecule has 0 bridgehead atoms. The van der Waals surface area contributed by atoms with Gasteiger partial charge in [-0.2, -0.15) is 0 Å². The van der Waals surface area contributed by atoms with E-state index in [2.05, 4.69) is 0 Å². The fraction of sp³-hybridized carbons (Fsp3) is 0.167. The van der Waals surface area contributed by atoms with E-state index in [-0.39, 0.29) is 5.63 Å². The molecule has 22 heavy (non-hydrogen) atoms. The molecule has 0 atom stereocenters. The molecule has 0 spiro atoms. The first-order chi connectivity index (χ1) is 10.5. The Morgan fingerprint density at radius 2 is 1.95 bits per heavy atom. The summed E-state index contributed by atoms with van der Waals surface area (Å²) in [5.41, 5.74) is 2.99. The highest BCUT2D eigenvalue weighted by Crippen LogP contribution is 2.30.